The number of aryl methyl sites for hydroxylation is 1. The van der Waals surface area contributed by atoms with Crippen molar-refractivity contribution in [3.05, 3.63) is 35.8 Å². The molecule has 6 heteroatoms. The van der Waals surface area contributed by atoms with Gasteiger partial charge >= 0.3 is 5.97 Å². The maximum absolute atomic E-state index is 13.1. The average Bonchev–Trinajstić information content (AvgIpc) is 2.64. The second kappa shape index (κ2) is 3.89. The second-order valence-corrected chi connectivity index (χ2v) is 3.50. The molecule has 0 aliphatic carbocycles. The highest BCUT2D eigenvalue weighted by Gasteiger charge is 2.19. The molecule has 1 aromatic heterocycles. The molecule has 17 heavy (non-hydrogen) atoms. The number of carboxylic acids is 1. The fourth-order valence-corrected chi connectivity index (χ4v) is 1.61. The van der Waals surface area contributed by atoms with E-state index in [0.717, 1.165) is 18.3 Å². The van der Waals surface area contributed by atoms with Crippen molar-refractivity contribution in [2.75, 3.05) is 0 Å². The van der Waals surface area contributed by atoms with E-state index in [-0.39, 0.29) is 22.6 Å². The lowest BCUT2D eigenvalue weighted by Crippen LogP contribution is -2.01. The van der Waals surface area contributed by atoms with Gasteiger partial charge in [0.25, 0.3) is 0 Å². The number of aromatic hydroxyl groups is 1. The first-order chi connectivity index (χ1) is 8.00. The molecule has 5 nitrogen and oxygen atoms in total. The minimum atomic E-state index is -1.18. The van der Waals surface area contributed by atoms with Gasteiger partial charge in [0.15, 0.2) is 0 Å². The molecule has 2 aromatic rings. The third-order valence-electron chi connectivity index (χ3n) is 2.38. The van der Waals surface area contributed by atoms with E-state index >= 15 is 0 Å². The summed E-state index contributed by atoms with van der Waals surface area (Å²) in [5.41, 5.74) is 0.172. The van der Waals surface area contributed by atoms with Crippen LogP contribution in [0.15, 0.2) is 24.4 Å². The Kier molecular flexibility index (Phi) is 2.55. The van der Waals surface area contributed by atoms with E-state index in [0.29, 0.717) is 0 Å². The minimum absolute atomic E-state index is 0.0894. The van der Waals surface area contributed by atoms with Crippen LogP contribution in [0.1, 0.15) is 10.4 Å². The zero-order chi connectivity index (χ0) is 12.6. The summed E-state index contributed by atoms with van der Waals surface area (Å²) in [6.45, 7) is 0. The topological polar surface area (TPSA) is 75.4 Å². The van der Waals surface area contributed by atoms with E-state index in [1.807, 2.05) is 0 Å². The monoisotopic (exact) mass is 236 g/mol. The third kappa shape index (κ3) is 1.84. The summed E-state index contributed by atoms with van der Waals surface area (Å²) >= 11 is 0. The number of hydrogen-bond acceptors (Lipinski definition) is 3. The Morgan fingerprint density at radius 2 is 2.18 bits per heavy atom. The number of benzene rings is 1. The van der Waals surface area contributed by atoms with Gasteiger partial charge in [-0.15, -0.1) is 0 Å². The molecule has 0 atom stereocenters. The molecule has 0 radical (unpaired) electrons. The standard InChI is InChI=1S/C11H9FN2O3/c1-14-10(8(5-13-14)11(16)17)7-4-6(12)2-3-9(7)15/h2-5,15H,1H3,(H,16,17). The summed E-state index contributed by atoms with van der Waals surface area (Å²) in [7, 11) is 1.52. The molecule has 2 N–H and O–H groups in total. The van der Waals surface area contributed by atoms with E-state index in [4.69, 9.17) is 5.11 Å². The van der Waals surface area contributed by atoms with Crippen molar-refractivity contribution < 1.29 is 19.4 Å². The largest absolute Gasteiger partial charge is 0.507 e. The highest BCUT2D eigenvalue weighted by molar-refractivity contribution is 5.95. The Morgan fingerprint density at radius 3 is 2.82 bits per heavy atom. The van der Waals surface area contributed by atoms with Gasteiger partial charge < -0.3 is 10.2 Å². The minimum Gasteiger partial charge on any atom is -0.507 e. The number of phenolic OH excluding ortho intramolecular Hbond substituents is 1. The van der Waals surface area contributed by atoms with Crippen LogP contribution in [0, 0.1) is 5.82 Å². The van der Waals surface area contributed by atoms with E-state index in [1.54, 1.807) is 0 Å². The molecule has 0 bridgehead atoms. The highest BCUT2D eigenvalue weighted by atomic mass is 19.1. The van der Waals surface area contributed by atoms with Gasteiger partial charge in [0.2, 0.25) is 0 Å². The molecule has 1 heterocycles. The van der Waals surface area contributed by atoms with Crippen LogP contribution < -0.4 is 0 Å². The predicted molar refractivity (Wildman–Crippen MR) is 57.2 cm³/mol. The fraction of sp³-hybridized carbons (Fsp3) is 0.0909. The van der Waals surface area contributed by atoms with Crippen LogP contribution in [-0.2, 0) is 7.05 Å². The molecule has 0 amide bonds. The van der Waals surface area contributed by atoms with Crippen molar-refractivity contribution in [2.45, 2.75) is 0 Å². The number of aromatic carboxylic acids is 1. The van der Waals surface area contributed by atoms with Crippen LogP contribution in [-0.4, -0.2) is 26.0 Å². The summed E-state index contributed by atoms with van der Waals surface area (Å²) in [5, 5.41) is 22.4. The van der Waals surface area contributed by atoms with Gasteiger partial charge in [-0.1, -0.05) is 0 Å². The van der Waals surface area contributed by atoms with Crippen molar-refractivity contribution in [1.29, 1.82) is 0 Å². The number of nitrogens with zero attached hydrogens (tertiary/aromatic N) is 2. The lowest BCUT2D eigenvalue weighted by atomic mass is 10.1. The highest BCUT2D eigenvalue weighted by Crippen LogP contribution is 2.31. The Labute approximate surface area is 95.7 Å². The smallest absolute Gasteiger partial charge is 0.339 e. The molecule has 2 rings (SSSR count). The van der Waals surface area contributed by atoms with Crippen LogP contribution in [0.25, 0.3) is 11.3 Å². The number of rotatable bonds is 2. The quantitative estimate of drug-likeness (QED) is 0.830. The maximum Gasteiger partial charge on any atom is 0.339 e. The zero-order valence-corrected chi connectivity index (χ0v) is 8.88. The SMILES string of the molecule is Cn1ncc(C(=O)O)c1-c1cc(F)ccc1O. The number of phenols is 1. The summed E-state index contributed by atoms with van der Waals surface area (Å²) in [6, 6.07) is 3.33. The van der Waals surface area contributed by atoms with Gasteiger partial charge in [0.05, 0.1) is 11.9 Å². The number of carbonyl (C=O) groups is 1. The Hall–Kier alpha value is -2.37. The first-order valence-electron chi connectivity index (χ1n) is 4.75. The molecular formula is C11H9FN2O3. The van der Waals surface area contributed by atoms with E-state index < -0.39 is 11.8 Å². The number of hydrogen-bond donors (Lipinski definition) is 2. The van der Waals surface area contributed by atoms with Gasteiger partial charge in [-0.3, -0.25) is 4.68 Å². The van der Waals surface area contributed by atoms with Crippen molar-refractivity contribution in [1.82, 2.24) is 9.78 Å². The third-order valence-corrected chi connectivity index (χ3v) is 2.38. The Morgan fingerprint density at radius 1 is 1.47 bits per heavy atom. The second-order valence-electron chi connectivity index (χ2n) is 3.50. The molecule has 0 saturated heterocycles. The van der Waals surface area contributed by atoms with Crippen molar-refractivity contribution in [3.63, 3.8) is 0 Å². The summed E-state index contributed by atoms with van der Waals surface area (Å²) in [6.07, 6.45) is 1.15. The summed E-state index contributed by atoms with van der Waals surface area (Å²) in [5.74, 6) is -1.94. The lowest BCUT2D eigenvalue weighted by molar-refractivity contribution is 0.0697. The van der Waals surface area contributed by atoms with Crippen molar-refractivity contribution >= 4 is 5.97 Å². The maximum atomic E-state index is 13.1. The molecule has 0 fully saturated rings. The zero-order valence-electron chi connectivity index (χ0n) is 8.88. The summed E-state index contributed by atoms with van der Waals surface area (Å²) in [4.78, 5) is 11.0. The Bertz CT molecular complexity index is 592. The van der Waals surface area contributed by atoms with Crippen LogP contribution in [0.4, 0.5) is 4.39 Å². The molecule has 0 spiro atoms. The molecule has 0 unspecified atom stereocenters. The summed E-state index contributed by atoms with van der Waals surface area (Å²) < 4.78 is 14.4. The lowest BCUT2D eigenvalue weighted by Gasteiger charge is -2.06. The average molecular weight is 236 g/mol. The molecule has 88 valence electrons. The van der Waals surface area contributed by atoms with Gasteiger partial charge in [-0.05, 0) is 18.2 Å². The van der Waals surface area contributed by atoms with Crippen LogP contribution in [0.3, 0.4) is 0 Å². The first-order valence-corrected chi connectivity index (χ1v) is 4.75. The normalized spacial score (nSPS) is 10.5. The molecule has 0 saturated carbocycles. The first kappa shape index (κ1) is 11.1. The van der Waals surface area contributed by atoms with Crippen LogP contribution in [0.2, 0.25) is 0 Å². The van der Waals surface area contributed by atoms with Crippen LogP contribution >= 0.6 is 0 Å². The fourth-order valence-electron chi connectivity index (χ4n) is 1.61. The van der Waals surface area contributed by atoms with E-state index in [9.17, 15) is 14.3 Å². The Balaban J connectivity index is 2.71. The predicted octanol–water partition coefficient (Wildman–Crippen LogP) is 1.63. The number of halogens is 1. The number of aromatic nitrogens is 2. The molecule has 0 aliphatic heterocycles. The van der Waals surface area contributed by atoms with E-state index in [1.165, 1.54) is 17.8 Å². The molecule has 0 aliphatic rings. The molecular weight excluding hydrogens is 227 g/mol. The van der Waals surface area contributed by atoms with Gasteiger partial charge in [-0.25, -0.2) is 9.18 Å². The van der Waals surface area contributed by atoms with Crippen LogP contribution in [0.5, 0.6) is 5.75 Å². The van der Waals surface area contributed by atoms with Gasteiger partial charge in [0, 0.05) is 12.6 Å². The van der Waals surface area contributed by atoms with Gasteiger partial charge in [-0.2, -0.15) is 5.10 Å². The molecule has 1 aromatic carbocycles. The van der Waals surface area contributed by atoms with E-state index in [2.05, 4.69) is 5.10 Å². The van der Waals surface area contributed by atoms with Gasteiger partial charge in [0.1, 0.15) is 17.1 Å². The van der Waals surface area contributed by atoms with Crippen molar-refractivity contribution in [3.8, 4) is 17.0 Å². The van der Waals surface area contributed by atoms with Crippen molar-refractivity contribution in [2.24, 2.45) is 7.05 Å². The number of carboxylic acid groups (broad SMARTS) is 1.